The first-order valence-electron chi connectivity index (χ1n) is 6.82. The molecule has 5 nitrogen and oxygen atoms in total. The number of amides is 1. The highest BCUT2D eigenvalue weighted by molar-refractivity contribution is 5.96. The highest BCUT2D eigenvalue weighted by atomic mass is 16.3. The van der Waals surface area contributed by atoms with E-state index in [0.717, 1.165) is 31.8 Å². The molecule has 0 spiro atoms. The molecular weight excluding hydrogens is 242 g/mol. The van der Waals surface area contributed by atoms with Crippen LogP contribution in [0.25, 0.3) is 0 Å². The number of aliphatic hydroxyl groups excluding tert-OH is 1. The molecule has 1 fully saturated rings. The lowest BCUT2D eigenvalue weighted by molar-refractivity contribution is -0.128. The van der Waals surface area contributed by atoms with Crippen molar-refractivity contribution in [1.29, 1.82) is 0 Å². The van der Waals surface area contributed by atoms with Gasteiger partial charge in [-0.2, -0.15) is 0 Å². The molecule has 0 aromatic heterocycles. The number of hydrogen-bond acceptors (Lipinski definition) is 4. The Morgan fingerprint density at radius 3 is 2.63 bits per heavy atom. The third kappa shape index (κ3) is 3.65. The molecule has 0 radical (unpaired) electrons. The predicted molar refractivity (Wildman–Crippen MR) is 74.5 cm³/mol. The first-order chi connectivity index (χ1) is 9.02. The molecule has 1 aliphatic heterocycles. The van der Waals surface area contributed by atoms with Crippen molar-refractivity contribution in [3.05, 3.63) is 23.8 Å². The van der Waals surface area contributed by atoms with Gasteiger partial charge in [0.15, 0.2) is 0 Å². The predicted octanol–water partition coefficient (Wildman–Crippen LogP) is -0.273. The SMILES string of the molecule is CC1(N)C=CC(C(=O)N2CCN(CCO)CC2)=CC1. The number of hydrogen-bond donors (Lipinski definition) is 2. The van der Waals surface area contributed by atoms with Gasteiger partial charge in [-0.1, -0.05) is 18.2 Å². The molecule has 1 heterocycles. The van der Waals surface area contributed by atoms with Crippen molar-refractivity contribution >= 4 is 5.91 Å². The molecule has 1 unspecified atom stereocenters. The molecule has 2 rings (SSSR count). The number of piperazine rings is 1. The van der Waals surface area contributed by atoms with E-state index in [1.54, 1.807) is 0 Å². The molecule has 3 N–H and O–H groups in total. The summed E-state index contributed by atoms with van der Waals surface area (Å²) in [4.78, 5) is 16.4. The maximum atomic E-state index is 12.3. The van der Waals surface area contributed by atoms with E-state index in [-0.39, 0.29) is 18.1 Å². The minimum Gasteiger partial charge on any atom is -0.395 e. The van der Waals surface area contributed by atoms with Gasteiger partial charge >= 0.3 is 0 Å². The topological polar surface area (TPSA) is 69.8 Å². The van der Waals surface area contributed by atoms with Crippen molar-refractivity contribution in [2.24, 2.45) is 5.73 Å². The maximum absolute atomic E-state index is 12.3. The Bertz CT molecular complexity index is 393. The summed E-state index contributed by atoms with van der Waals surface area (Å²) in [6.45, 7) is 5.94. The maximum Gasteiger partial charge on any atom is 0.253 e. The van der Waals surface area contributed by atoms with E-state index in [2.05, 4.69) is 4.90 Å². The molecular formula is C14H23N3O2. The summed E-state index contributed by atoms with van der Waals surface area (Å²) in [6.07, 6.45) is 6.38. The monoisotopic (exact) mass is 265 g/mol. The molecule has 0 saturated carbocycles. The molecule has 0 aromatic carbocycles. The van der Waals surface area contributed by atoms with Gasteiger partial charge in [0, 0.05) is 43.8 Å². The summed E-state index contributed by atoms with van der Waals surface area (Å²) in [5, 5.41) is 8.89. The van der Waals surface area contributed by atoms with Gasteiger partial charge in [-0.15, -0.1) is 0 Å². The van der Waals surface area contributed by atoms with Gasteiger partial charge in [0.25, 0.3) is 5.91 Å². The Morgan fingerprint density at radius 1 is 1.42 bits per heavy atom. The third-order valence-electron chi connectivity index (χ3n) is 3.73. The van der Waals surface area contributed by atoms with Crippen LogP contribution in [0, 0.1) is 0 Å². The molecule has 0 bridgehead atoms. The van der Waals surface area contributed by atoms with Gasteiger partial charge in [0.2, 0.25) is 0 Å². The minimum atomic E-state index is -0.330. The molecule has 2 aliphatic rings. The van der Waals surface area contributed by atoms with E-state index in [1.807, 2.05) is 30.1 Å². The van der Waals surface area contributed by atoms with Crippen LogP contribution >= 0.6 is 0 Å². The van der Waals surface area contributed by atoms with Crippen molar-refractivity contribution in [3.8, 4) is 0 Å². The van der Waals surface area contributed by atoms with Gasteiger partial charge in [-0.25, -0.2) is 0 Å². The summed E-state index contributed by atoms with van der Waals surface area (Å²) >= 11 is 0. The van der Waals surface area contributed by atoms with Crippen LogP contribution in [0.3, 0.4) is 0 Å². The number of aliphatic hydroxyl groups is 1. The van der Waals surface area contributed by atoms with Crippen LogP contribution in [-0.2, 0) is 4.79 Å². The van der Waals surface area contributed by atoms with Crippen molar-refractivity contribution < 1.29 is 9.90 Å². The lowest BCUT2D eigenvalue weighted by Crippen LogP contribution is -2.49. The smallest absolute Gasteiger partial charge is 0.253 e. The van der Waals surface area contributed by atoms with Crippen LogP contribution in [0.1, 0.15) is 13.3 Å². The van der Waals surface area contributed by atoms with Crippen LogP contribution in [0.5, 0.6) is 0 Å². The molecule has 1 amide bonds. The van der Waals surface area contributed by atoms with Gasteiger partial charge in [-0.3, -0.25) is 9.69 Å². The average molecular weight is 265 g/mol. The van der Waals surface area contributed by atoms with E-state index in [4.69, 9.17) is 10.8 Å². The second-order valence-corrected chi connectivity index (χ2v) is 5.56. The Morgan fingerprint density at radius 2 is 2.11 bits per heavy atom. The zero-order chi connectivity index (χ0) is 13.9. The first-order valence-corrected chi connectivity index (χ1v) is 6.82. The number of nitrogens with zero attached hydrogens (tertiary/aromatic N) is 2. The number of nitrogens with two attached hydrogens (primary N) is 1. The van der Waals surface area contributed by atoms with Crippen molar-refractivity contribution in [1.82, 2.24) is 9.80 Å². The van der Waals surface area contributed by atoms with Gasteiger partial charge in [-0.05, 0) is 13.3 Å². The van der Waals surface area contributed by atoms with Gasteiger partial charge < -0.3 is 15.7 Å². The number of carbonyl (C=O) groups excluding carboxylic acids is 1. The Labute approximate surface area is 114 Å². The second-order valence-electron chi connectivity index (χ2n) is 5.56. The van der Waals surface area contributed by atoms with Crippen molar-refractivity contribution in [3.63, 3.8) is 0 Å². The number of carbonyl (C=O) groups is 1. The van der Waals surface area contributed by atoms with Crippen LogP contribution in [0.15, 0.2) is 23.8 Å². The van der Waals surface area contributed by atoms with E-state index < -0.39 is 0 Å². The summed E-state index contributed by atoms with van der Waals surface area (Å²) in [7, 11) is 0. The summed E-state index contributed by atoms with van der Waals surface area (Å²) in [5.74, 6) is 0.0930. The van der Waals surface area contributed by atoms with Crippen LogP contribution in [0.2, 0.25) is 0 Å². The number of β-amino-alcohol motifs (C(OH)–C–C–N with tert-alkyl or cyclic N) is 1. The van der Waals surface area contributed by atoms with E-state index in [9.17, 15) is 4.79 Å². The Balaban J connectivity index is 1.89. The van der Waals surface area contributed by atoms with E-state index in [0.29, 0.717) is 13.0 Å². The number of rotatable bonds is 3. The zero-order valence-electron chi connectivity index (χ0n) is 11.5. The van der Waals surface area contributed by atoms with E-state index >= 15 is 0 Å². The summed E-state index contributed by atoms with van der Waals surface area (Å²) in [5.41, 5.74) is 6.40. The fourth-order valence-electron chi connectivity index (χ4n) is 2.40. The average Bonchev–Trinajstić information content (AvgIpc) is 2.39. The van der Waals surface area contributed by atoms with Gasteiger partial charge in [0.1, 0.15) is 0 Å². The Kier molecular flexibility index (Phi) is 4.39. The molecule has 19 heavy (non-hydrogen) atoms. The third-order valence-corrected chi connectivity index (χ3v) is 3.73. The Hall–Kier alpha value is -1.17. The van der Waals surface area contributed by atoms with E-state index in [1.165, 1.54) is 0 Å². The molecule has 1 atom stereocenters. The minimum absolute atomic E-state index is 0.0930. The van der Waals surface area contributed by atoms with Crippen LogP contribution in [-0.4, -0.2) is 65.7 Å². The fraction of sp³-hybridized carbons (Fsp3) is 0.643. The zero-order valence-corrected chi connectivity index (χ0v) is 11.5. The fourth-order valence-corrected chi connectivity index (χ4v) is 2.40. The van der Waals surface area contributed by atoms with Crippen LogP contribution < -0.4 is 5.73 Å². The van der Waals surface area contributed by atoms with Crippen molar-refractivity contribution in [2.45, 2.75) is 18.9 Å². The largest absolute Gasteiger partial charge is 0.395 e. The van der Waals surface area contributed by atoms with Crippen LogP contribution in [0.4, 0.5) is 0 Å². The van der Waals surface area contributed by atoms with Crippen molar-refractivity contribution in [2.75, 3.05) is 39.3 Å². The first kappa shape index (κ1) is 14.2. The molecule has 5 heteroatoms. The highest BCUT2D eigenvalue weighted by Crippen LogP contribution is 2.19. The van der Waals surface area contributed by atoms with Gasteiger partial charge in [0.05, 0.1) is 6.61 Å². The molecule has 1 saturated heterocycles. The standard InChI is InChI=1S/C14H23N3O2/c1-14(15)4-2-12(3-5-14)13(19)17-8-6-16(7-9-17)10-11-18/h2-4,18H,5-11,15H2,1H3. The molecule has 106 valence electrons. The lowest BCUT2D eigenvalue weighted by atomic mass is 9.91. The second kappa shape index (κ2) is 5.86. The molecule has 0 aromatic rings. The summed E-state index contributed by atoms with van der Waals surface area (Å²) < 4.78 is 0. The quantitative estimate of drug-likeness (QED) is 0.737. The molecule has 1 aliphatic carbocycles. The summed E-state index contributed by atoms with van der Waals surface area (Å²) in [6, 6.07) is 0. The normalized spacial score (nSPS) is 28.4. The highest BCUT2D eigenvalue weighted by Gasteiger charge is 2.25. The lowest BCUT2D eigenvalue weighted by Gasteiger charge is -2.35.